The fourth-order valence-electron chi connectivity index (χ4n) is 1.82. The van der Waals surface area contributed by atoms with Crippen LogP contribution in [0.4, 0.5) is 0 Å². The first-order valence-electron chi connectivity index (χ1n) is 7.15. The van der Waals surface area contributed by atoms with Crippen molar-refractivity contribution in [2.24, 2.45) is 0 Å². The first-order valence-corrected chi connectivity index (χ1v) is 7.15. The van der Waals surface area contributed by atoms with Crippen molar-refractivity contribution in [3.05, 3.63) is 35.9 Å². The van der Waals surface area contributed by atoms with Gasteiger partial charge < -0.3 is 14.6 Å². The van der Waals surface area contributed by atoms with Crippen LogP contribution in [0.1, 0.15) is 30.6 Å². The number of esters is 1. The van der Waals surface area contributed by atoms with Crippen LogP contribution in [-0.2, 0) is 9.47 Å². The third-order valence-corrected chi connectivity index (χ3v) is 2.97. The topological polar surface area (TPSA) is 55.8 Å². The van der Waals surface area contributed by atoms with Crippen molar-refractivity contribution in [1.29, 1.82) is 0 Å². The fraction of sp³-hybridized carbons (Fsp3) is 0.533. The second-order valence-electron chi connectivity index (χ2n) is 4.86. The molecule has 4 nitrogen and oxygen atoms in total. The van der Waals surface area contributed by atoms with Crippen molar-refractivity contribution in [2.75, 3.05) is 13.2 Å². The minimum atomic E-state index is -0.340. The molecule has 0 aliphatic rings. The summed E-state index contributed by atoms with van der Waals surface area (Å²) in [5.74, 6) is -0.340. The van der Waals surface area contributed by atoms with Crippen LogP contribution in [0, 0.1) is 0 Å². The van der Waals surface area contributed by atoms with Gasteiger partial charge in [-0.25, -0.2) is 4.79 Å². The van der Waals surface area contributed by atoms with Crippen LogP contribution in [0.15, 0.2) is 30.3 Å². The molecule has 0 saturated heterocycles. The molecular weight excluding hydrogens is 255 g/mol. The zero-order chi connectivity index (χ0) is 14.8. The molecule has 1 N–H and O–H groups in total. The Hall–Kier alpha value is -1.33. The first-order chi connectivity index (χ1) is 9.67. The van der Waals surface area contributed by atoms with Gasteiger partial charge in [-0.2, -0.15) is 0 Å². The summed E-state index contributed by atoms with van der Waals surface area (Å²) in [5, 5.41) is 9.03. The number of aliphatic hydroxyl groups is 1. The normalized spacial score (nSPS) is 13.6. The number of rotatable bonds is 9. The Morgan fingerprint density at radius 2 is 2.05 bits per heavy atom. The van der Waals surface area contributed by atoms with Gasteiger partial charge in [0, 0.05) is 0 Å². The van der Waals surface area contributed by atoms with E-state index in [0.29, 0.717) is 5.56 Å². The first kappa shape index (κ1) is 16.7. The number of hydrogen-bond acceptors (Lipinski definition) is 4. The van der Waals surface area contributed by atoms with Crippen molar-refractivity contribution < 1.29 is 19.4 Å². The second kappa shape index (κ2) is 9.56. The van der Waals surface area contributed by atoms with Crippen LogP contribution in [0.5, 0.6) is 0 Å². The molecule has 0 amide bonds. The molecule has 0 heterocycles. The largest absolute Gasteiger partial charge is 0.460 e. The molecule has 0 saturated carbocycles. The summed E-state index contributed by atoms with van der Waals surface area (Å²) in [6, 6.07) is 8.74. The van der Waals surface area contributed by atoms with E-state index < -0.39 is 0 Å². The van der Waals surface area contributed by atoms with E-state index in [9.17, 15) is 4.79 Å². The Morgan fingerprint density at radius 1 is 1.35 bits per heavy atom. The molecule has 0 radical (unpaired) electrons. The van der Waals surface area contributed by atoms with Crippen molar-refractivity contribution in [2.45, 2.75) is 38.7 Å². The van der Waals surface area contributed by atoms with Crippen LogP contribution < -0.4 is 0 Å². The van der Waals surface area contributed by atoms with Gasteiger partial charge in [-0.15, -0.1) is 0 Å². The third-order valence-electron chi connectivity index (χ3n) is 2.97. The van der Waals surface area contributed by atoms with Gasteiger partial charge in [-0.05, 0) is 19.1 Å². The molecule has 20 heavy (non-hydrogen) atoms. The highest BCUT2D eigenvalue weighted by molar-refractivity contribution is 6.37. The molecule has 1 aromatic rings. The number of carbonyl (C=O) groups excluding carboxylic acids is 1. The van der Waals surface area contributed by atoms with E-state index in [1.165, 1.54) is 0 Å². The minimum Gasteiger partial charge on any atom is -0.460 e. The highest BCUT2D eigenvalue weighted by Gasteiger charge is 2.17. The number of hydrogen-bond donors (Lipinski definition) is 1. The molecule has 0 fully saturated rings. The monoisotopic (exact) mass is 278 g/mol. The molecule has 1 aromatic carbocycles. The molecule has 0 aliphatic carbocycles. The molecule has 0 bridgehead atoms. The summed E-state index contributed by atoms with van der Waals surface area (Å²) in [6.07, 6.45) is 1.82. The molecular formula is C15H23BO4. The zero-order valence-corrected chi connectivity index (χ0v) is 12.2. The van der Waals surface area contributed by atoms with Crippen LogP contribution in [0.2, 0.25) is 6.32 Å². The predicted molar refractivity (Wildman–Crippen MR) is 80.4 cm³/mol. The third kappa shape index (κ3) is 6.22. The lowest BCUT2D eigenvalue weighted by molar-refractivity contribution is -0.0252. The molecule has 5 heteroatoms. The standard InChI is InChI=1S/C15H23BO4/c1-3-9-16-14(20-12(2)10-17)11-19-15(18)13-7-5-4-6-8-13/h4-8,12,14,16-17H,3,9-11H2,1-2H3/t12-,14-/m1/s1. The average molecular weight is 278 g/mol. The van der Waals surface area contributed by atoms with Gasteiger partial charge in [0.2, 0.25) is 0 Å². The number of carbonyl (C=O) groups is 1. The van der Waals surface area contributed by atoms with Gasteiger partial charge in [-0.3, -0.25) is 0 Å². The number of aliphatic hydroxyl groups excluding tert-OH is 1. The van der Waals surface area contributed by atoms with Crippen molar-refractivity contribution in [3.63, 3.8) is 0 Å². The van der Waals surface area contributed by atoms with E-state index in [-0.39, 0.29) is 31.3 Å². The van der Waals surface area contributed by atoms with Gasteiger partial charge in [0.1, 0.15) is 6.61 Å². The van der Waals surface area contributed by atoms with E-state index in [1.54, 1.807) is 31.2 Å². The van der Waals surface area contributed by atoms with E-state index in [0.717, 1.165) is 20.0 Å². The summed E-state index contributed by atoms with van der Waals surface area (Å²) in [4.78, 5) is 11.9. The summed E-state index contributed by atoms with van der Waals surface area (Å²) < 4.78 is 10.9. The van der Waals surface area contributed by atoms with Crippen molar-refractivity contribution in [1.82, 2.24) is 0 Å². The van der Waals surface area contributed by atoms with E-state index >= 15 is 0 Å². The number of benzene rings is 1. The number of ether oxygens (including phenoxy) is 2. The fourth-order valence-corrected chi connectivity index (χ4v) is 1.82. The Balaban J connectivity index is 2.46. The Morgan fingerprint density at radius 3 is 2.65 bits per heavy atom. The summed E-state index contributed by atoms with van der Waals surface area (Å²) in [6.45, 7) is 4.09. The smallest absolute Gasteiger partial charge is 0.338 e. The van der Waals surface area contributed by atoms with E-state index in [4.69, 9.17) is 14.6 Å². The maximum absolute atomic E-state index is 11.9. The Kier molecular flexibility index (Phi) is 8.00. The van der Waals surface area contributed by atoms with Gasteiger partial charge in [0.15, 0.2) is 7.28 Å². The van der Waals surface area contributed by atoms with Gasteiger partial charge in [0.05, 0.1) is 24.3 Å². The minimum absolute atomic E-state index is 0.0325. The molecule has 2 atom stereocenters. The Labute approximate surface area is 121 Å². The zero-order valence-electron chi connectivity index (χ0n) is 12.2. The van der Waals surface area contributed by atoms with Crippen LogP contribution in [-0.4, -0.2) is 43.7 Å². The van der Waals surface area contributed by atoms with Gasteiger partial charge >= 0.3 is 5.97 Å². The average Bonchev–Trinajstić information content (AvgIpc) is 2.50. The lowest BCUT2D eigenvalue weighted by Crippen LogP contribution is -2.32. The van der Waals surface area contributed by atoms with Crippen LogP contribution >= 0.6 is 0 Å². The van der Waals surface area contributed by atoms with Crippen molar-refractivity contribution in [3.8, 4) is 0 Å². The molecule has 1 rings (SSSR count). The quantitative estimate of drug-likeness (QED) is 0.553. The predicted octanol–water partition coefficient (Wildman–Crippen LogP) is 1.83. The molecule has 110 valence electrons. The molecule has 0 aliphatic heterocycles. The summed E-state index contributed by atoms with van der Waals surface area (Å²) in [5.41, 5.74) is 0.539. The maximum Gasteiger partial charge on any atom is 0.338 e. The Bertz CT molecular complexity index is 383. The highest BCUT2D eigenvalue weighted by Crippen LogP contribution is 2.05. The molecule has 0 aromatic heterocycles. The summed E-state index contributed by atoms with van der Waals surface area (Å²) in [7, 11) is 0.822. The second-order valence-corrected chi connectivity index (χ2v) is 4.86. The molecule has 0 spiro atoms. The van der Waals surface area contributed by atoms with E-state index in [2.05, 4.69) is 6.92 Å². The highest BCUT2D eigenvalue weighted by atomic mass is 16.6. The summed E-state index contributed by atoms with van der Waals surface area (Å²) >= 11 is 0. The van der Waals surface area contributed by atoms with Crippen molar-refractivity contribution >= 4 is 13.2 Å². The lowest BCUT2D eigenvalue weighted by atomic mass is 9.67. The van der Waals surface area contributed by atoms with Crippen LogP contribution in [0.3, 0.4) is 0 Å². The maximum atomic E-state index is 11.9. The van der Waals surface area contributed by atoms with Crippen LogP contribution in [0.25, 0.3) is 0 Å². The van der Waals surface area contributed by atoms with E-state index in [1.807, 2.05) is 6.07 Å². The lowest BCUT2D eigenvalue weighted by Gasteiger charge is -2.20. The van der Waals surface area contributed by atoms with Gasteiger partial charge in [0.25, 0.3) is 0 Å². The molecule has 0 unspecified atom stereocenters. The SMILES string of the molecule is CCCB[C@@H](COC(=O)c1ccccc1)O[C@H](C)CO. The van der Waals surface area contributed by atoms with Gasteiger partial charge in [-0.1, -0.05) is 37.9 Å².